The molecule has 0 bridgehead atoms. The molecule has 3 rings (SSSR count). The van der Waals surface area contributed by atoms with Gasteiger partial charge < -0.3 is 9.64 Å². The molecule has 146 valence electrons. The molecule has 8 nitrogen and oxygen atoms in total. The third-order valence-electron chi connectivity index (χ3n) is 4.90. The Labute approximate surface area is 160 Å². The van der Waals surface area contributed by atoms with E-state index in [2.05, 4.69) is 4.90 Å². The minimum atomic E-state index is -3.74. The van der Waals surface area contributed by atoms with Crippen LogP contribution in [0.1, 0.15) is 12.5 Å². The van der Waals surface area contributed by atoms with Gasteiger partial charge in [0.15, 0.2) is 0 Å². The summed E-state index contributed by atoms with van der Waals surface area (Å²) < 4.78 is 32.5. The second-order valence-electron chi connectivity index (χ2n) is 6.81. The summed E-state index contributed by atoms with van der Waals surface area (Å²) in [4.78, 5) is 16.3. The molecule has 0 radical (unpaired) electrons. The van der Waals surface area contributed by atoms with Crippen LogP contribution in [0, 0.1) is 11.3 Å². The summed E-state index contributed by atoms with van der Waals surface area (Å²) in [5.74, 6) is 0.0126. The molecule has 1 atom stereocenters. The van der Waals surface area contributed by atoms with Crippen LogP contribution in [0.15, 0.2) is 29.2 Å². The van der Waals surface area contributed by atoms with Gasteiger partial charge in [0.2, 0.25) is 15.9 Å². The zero-order valence-electron chi connectivity index (χ0n) is 15.4. The Morgan fingerprint density at radius 2 is 1.93 bits per heavy atom. The molecule has 1 amide bonds. The number of rotatable bonds is 4. The fourth-order valence-electron chi connectivity index (χ4n) is 3.43. The third kappa shape index (κ3) is 4.47. The molecular formula is C18H24N4O4S. The number of amides is 1. The highest BCUT2D eigenvalue weighted by atomic mass is 32.2. The van der Waals surface area contributed by atoms with Gasteiger partial charge in [-0.15, -0.1) is 0 Å². The average molecular weight is 392 g/mol. The lowest BCUT2D eigenvalue weighted by molar-refractivity contribution is -0.135. The smallest absolute Gasteiger partial charge is 0.244 e. The first kappa shape index (κ1) is 19.8. The molecule has 1 aromatic rings. The Kier molecular flexibility index (Phi) is 6.11. The second kappa shape index (κ2) is 8.35. The summed E-state index contributed by atoms with van der Waals surface area (Å²) in [6, 6.07) is 8.12. The van der Waals surface area contributed by atoms with Crippen LogP contribution >= 0.6 is 0 Å². The highest BCUT2D eigenvalue weighted by Gasteiger charge is 2.32. The van der Waals surface area contributed by atoms with Crippen molar-refractivity contribution in [1.29, 1.82) is 5.26 Å². The maximum atomic E-state index is 12.8. The van der Waals surface area contributed by atoms with E-state index < -0.39 is 10.0 Å². The van der Waals surface area contributed by atoms with Crippen LogP contribution in [-0.2, 0) is 19.6 Å². The molecular weight excluding hydrogens is 368 g/mol. The van der Waals surface area contributed by atoms with E-state index >= 15 is 0 Å². The summed E-state index contributed by atoms with van der Waals surface area (Å²) in [6.45, 7) is 5.57. The zero-order valence-corrected chi connectivity index (χ0v) is 16.2. The van der Waals surface area contributed by atoms with Gasteiger partial charge in [-0.05, 0) is 19.1 Å². The summed E-state index contributed by atoms with van der Waals surface area (Å²) in [6.07, 6.45) is 0.119. The Bertz CT molecular complexity index is 828. The first-order chi connectivity index (χ1) is 12.9. The van der Waals surface area contributed by atoms with Crippen molar-refractivity contribution in [2.45, 2.75) is 17.9 Å². The van der Waals surface area contributed by atoms with Crippen molar-refractivity contribution in [3.05, 3.63) is 29.8 Å². The molecule has 2 fully saturated rings. The Hall–Kier alpha value is -1.99. The number of carbonyl (C=O) groups is 1. The van der Waals surface area contributed by atoms with Gasteiger partial charge in [-0.25, -0.2) is 8.42 Å². The number of morpholine rings is 1. The number of sulfonamides is 1. The number of hydrogen-bond acceptors (Lipinski definition) is 6. The molecule has 0 aliphatic carbocycles. The Morgan fingerprint density at radius 1 is 1.22 bits per heavy atom. The van der Waals surface area contributed by atoms with Gasteiger partial charge in [-0.1, -0.05) is 12.1 Å². The fourth-order valence-corrected chi connectivity index (χ4v) is 4.99. The van der Waals surface area contributed by atoms with Crippen LogP contribution in [0.4, 0.5) is 0 Å². The van der Waals surface area contributed by atoms with E-state index in [-0.39, 0.29) is 35.6 Å². The topological polar surface area (TPSA) is 94.0 Å². The van der Waals surface area contributed by atoms with E-state index in [0.29, 0.717) is 26.2 Å². The lowest BCUT2D eigenvalue weighted by Gasteiger charge is -2.36. The molecule has 1 aromatic carbocycles. The van der Waals surface area contributed by atoms with Gasteiger partial charge in [0.25, 0.3) is 0 Å². The van der Waals surface area contributed by atoms with Crippen LogP contribution < -0.4 is 0 Å². The number of piperazine rings is 1. The third-order valence-corrected chi connectivity index (χ3v) is 6.86. The van der Waals surface area contributed by atoms with Crippen LogP contribution in [0.5, 0.6) is 0 Å². The summed E-state index contributed by atoms with van der Waals surface area (Å²) in [5.41, 5.74) is 0.137. The fraction of sp³-hybridized carbons (Fsp3) is 0.556. The monoisotopic (exact) mass is 392 g/mol. The molecule has 0 N–H and O–H groups in total. The maximum Gasteiger partial charge on any atom is 0.244 e. The molecule has 2 saturated heterocycles. The SMILES string of the molecule is CC1CN(CC(=O)N2CCN(S(=O)(=O)c3ccccc3C#N)CC2)CCO1. The standard InChI is InChI=1S/C18H24N4O4S/c1-15-13-20(10-11-26-15)14-18(23)21-6-8-22(9-7-21)27(24,25)17-5-3-2-4-16(17)12-19/h2-5,15H,6-11,13-14H2,1H3. The number of hydrogen-bond donors (Lipinski definition) is 0. The molecule has 1 unspecified atom stereocenters. The van der Waals surface area contributed by atoms with Gasteiger partial charge in [-0.3, -0.25) is 9.69 Å². The maximum absolute atomic E-state index is 12.8. The van der Waals surface area contributed by atoms with E-state index in [9.17, 15) is 13.2 Å². The summed E-state index contributed by atoms with van der Waals surface area (Å²) >= 11 is 0. The Morgan fingerprint density at radius 3 is 2.59 bits per heavy atom. The van der Waals surface area contributed by atoms with E-state index in [0.717, 1.165) is 13.1 Å². The minimum absolute atomic E-state index is 0.0126. The van der Waals surface area contributed by atoms with Crippen molar-refractivity contribution in [3.63, 3.8) is 0 Å². The van der Waals surface area contributed by atoms with Gasteiger partial charge in [0.05, 0.1) is 29.7 Å². The molecule has 0 aromatic heterocycles. The molecule has 2 heterocycles. The molecule has 2 aliphatic heterocycles. The van der Waals surface area contributed by atoms with Crippen LogP contribution in [0.3, 0.4) is 0 Å². The van der Waals surface area contributed by atoms with E-state index in [1.54, 1.807) is 17.0 Å². The summed E-state index contributed by atoms with van der Waals surface area (Å²) in [5, 5.41) is 9.17. The molecule has 27 heavy (non-hydrogen) atoms. The lowest BCUT2D eigenvalue weighted by Crippen LogP contribution is -2.53. The predicted molar refractivity (Wildman–Crippen MR) is 98.3 cm³/mol. The van der Waals surface area contributed by atoms with Gasteiger partial charge in [-0.2, -0.15) is 9.57 Å². The first-order valence-electron chi connectivity index (χ1n) is 9.03. The van der Waals surface area contributed by atoms with Crippen molar-refractivity contribution < 1.29 is 17.9 Å². The number of ether oxygens (including phenoxy) is 1. The van der Waals surface area contributed by atoms with Crippen molar-refractivity contribution in [1.82, 2.24) is 14.1 Å². The van der Waals surface area contributed by atoms with E-state index in [4.69, 9.17) is 10.00 Å². The highest BCUT2D eigenvalue weighted by molar-refractivity contribution is 7.89. The van der Waals surface area contributed by atoms with Crippen LogP contribution in [0.25, 0.3) is 0 Å². The quantitative estimate of drug-likeness (QED) is 0.722. The van der Waals surface area contributed by atoms with Crippen molar-refractivity contribution in [2.75, 3.05) is 52.4 Å². The number of benzene rings is 1. The highest BCUT2D eigenvalue weighted by Crippen LogP contribution is 2.21. The largest absolute Gasteiger partial charge is 0.376 e. The number of nitriles is 1. The van der Waals surface area contributed by atoms with E-state index in [1.165, 1.54) is 16.4 Å². The van der Waals surface area contributed by atoms with Crippen molar-refractivity contribution >= 4 is 15.9 Å². The first-order valence-corrected chi connectivity index (χ1v) is 10.5. The zero-order chi connectivity index (χ0) is 19.4. The summed E-state index contributed by atoms with van der Waals surface area (Å²) in [7, 11) is -3.74. The van der Waals surface area contributed by atoms with Crippen molar-refractivity contribution in [3.8, 4) is 6.07 Å². The number of carbonyl (C=O) groups excluding carboxylic acids is 1. The molecule has 0 spiro atoms. The predicted octanol–water partition coefficient (Wildman–Crippen LogP) is 0.112. The lowest BCUT2D eigenvalue weighted by atomic mass is 10.2. The molecule has 2 aliphatic rings. The van der Waals surface area contributed by atoms with Crippen LogP contribution in [0.2, 0.25) is 0 Å². The van der Waals surface area contributed by atoms with E-state index in [1.807, 2.05) is 13.0 Å². The minimum Gasteiger partial charge on any atom is -0.376 e. The average Bonchev–Trinajstić information content (AvgIpc) is 2.68. The molecule has 0 saturated carbocycles. The van der Waals surface area contributed by atoms with Crippen molar-refractivity contribution in [2.24, 2.45) is 0 Å². The van der Waals surface area contributed by atoms with Gasteiger partial charge in [0, 0.05) is 39.3 Å². The second-order valence-corrected chi connectivity index (χ2v) is 8.72. The van der Waals surface area contributed by atoms with Crippen LogP contribution in [-0.4, -0.2) is 87.0 Å². The number of nitrogens with zero attached hydrogens (tertiary/aromatic N) is 4. The van der Waals surface area contributed by atoms with Gasteiger partial charge >= 0.3 is 0 Å². The normalized spacial score (nSPS) is 22.4. The van der Waals surface area contributed by atoms with Gasteiger partial charge in [0.1, 0.15) is 6.07 Å². The molecule has 9 heteroatoms. The Balaban J connectivity index is 1.60.